The molecule has 1 aliphatic rings. The molecular formula is C20H23F3N6O. The van der Waals surface area contributed by atoms with E-state index in [1.165, 1.54) is 6.07 Å². The van der Waals surface area contributed by atoms with Gasteiger partial charge in [-0.15, -0.1) is 5.10 Å². The van der Waals surface area contributed by atoms with Crippen LogP contribution in [0.5, 0.6) is 0 Å². The Bertz CT molecular complexity index is 1070. The van der Waals surface area contributed by atoms with Crippen LogP contribution in [0.2, 0.25) is 0 Å². The van der Waals surface area contributed by atoms with Crippen LogP contribution in [0.15, 0.2) is 24.4 Å². The highest BCUT2D eigenvalue weighted by molar-refractivity contribution is 5.95. The number of benzene rings is 1. The van der Waals surface area contributed by atoms with Crippen molar-refractivity contribution in [2.24, 2.45) is 0 Å². The second-order valence-electron chi connectivity index (χ2n) is 7.65. The maximum Gasteiger partial charge on any atom is 0.416 e. The molecule has 0 saturated carbocycles. The summed E-state index contributed by atoms with van der Waals surface area (Å²) in [6.07, 6.45) is -0.332. The zero-order valence-corrected chi connectivity index (χ0v) is 16.9. The third-order valence-electron chi connectivity index (χ3n) is 5.60. The molecule has 10 heteroatoms. The van der Waals surface area contributed by atoms with E-state index >= 15 is 0 Å². The van der Waals surface area contributed by atoms with Gasteiger partial charge in [0.25, 0.3) is 5.91 Å². The predicted molar refractivity (Wildman–Crippen MR) is 104 cm³/mol. The van der Waals surface area contributed by atoms with Gasteiger partial charge in [0.15, 0.2) is 0 Å². The first-order valence-corrected chi connectivity index (χ1v) is 10.0. The summed E-state index contributed by atoms with van der Waals surface area (Å²) in [5, 5.41) is 12.3. The van der Waals surface area contributed by atoms with E-state index in [4.69, 9.17) is 0 Å². The molecule has 0 bridgehead atoms. The molecule has 3 heterocycles. The molecular weight excluding hydrogens is 397 g/mol. The summed E-state index contributed by atoms with van der Waals surface area (Å²) >= 11 is 0. The van der Waals surface area contributed by atoms with Gasteiger partial charge in [-0.1, -0.05) is 12.1 Å². The Balaban J connectivity index is 1.56. The van der Waals surface area contributed by atoms with Gasteiger partial charge in [0.05, 0.1) is 28.9 Å². The highest BCUT2D eigenvalue weighted by Gasteiger charge is 2.32. The van der Waals surface area contributed by atoms with Gasteiger partial charge >= 0.3 is 6.18 Å². The van der Waals surface area contributed by atoms with Crippen molar-refractivity contribution >= 4 is 16.9 Å². The summed E-state index contributed by atoms with van der Waals surface area (Å²) in [6, 6.07) is 3.31. The normalized spacial score (nSPS) is 17.6. The standard InChI is InChI=1S/C20H23F3N6O/c1-3-8-28-13(2)16(11-24-28)19(30)27-9-4-5-15(12-27)29-18-7-6-14(20(21,22)23)10-17(18)25-26-29/h6-7,10-11,15H,3-5,8-9,12H2,1-2H3. The Labute approximate surface area is 171 Å². The minimum Gasteiger partial charge on any atom is -0.336 e. The van der Waals surface area contributed by atoms with Gasteiger partial charge in [-0.05, 0) is 44.4 Å². The van der Waals surface area contributed by atoms with E-state index in [-0.39, 0.29) is 17.5 Å². The monoisotopic (exact) mass is 420 g/mol. The lowest BCUT2D eigenvalue weighted by atomic mass is 10.0. The van der Waals surface area contributed by atoms with Crippen LogP contribution in [0.1, 0.15) is 53.8 Å². The van der Waals surface area contributed by atoms with E-state index in [2.05, 4.69) is 22.3 Å². The molecule has 1 unspecified atom stereocenters. The minimum absolute atomic E-state index is 0.0802. The fraction of sp³-hybridized carbons (Fsp3) is 0.500. The van der Waals surface area contributed by atoms with Gasteiger partial charge in [-0.2, -0.15) is 18.3 Å². The molecule has 1 atom stereocenters. The van der Waals surface area contributed by atoms with Gasteiger partial charge in [0.1, 0.15) is 5.52 Å². The highest BCUT2D eigenvalue weighted by Crippen LogP contribution is 2.32. The first kappa shape index (κ1) is 20.4. The molecule has 2 aromatic heterocycles. The number of aromatic nitrogens is 5. The smallest absolute Gasteiger partial charge is 0.336 e. The van der Waals surface area contributed by atoms with Crippen LogP contribution < -0.4 is 0 Å². The topological polar surface area (TPSA) is 68.8 Å². The van der Waals surface area contributed by atoms with Crippen LogP contribution in [0.3, 0.4) is 0 Å². The van der Waals surface area contributed by atoms with Crippen LogP contribution in [-0.4, -0.2) is 48.7 Å². The molecule has 3 aromatic rings. The number of aryl methyl sites for hydroxylation is 1. The Kier molecular flexibility index (Phi) is 5.25. The fourth-order valence-corrected chi connectivity index (χ4v) is 3.99. The predicted octanol–water partition coefficient (Wildman–Crippen LogP) is 3.84. The number of carbonyl (C=O) groups excluding carboxylic acids is 1. The van der Waals surface area contributed by atoms with E-state index in [1.54, 1.807) is 15.8 Å². The van der Waals surface area contributed by atoms with Gasteiger partial charge in [0, 0.05) is 25.3 Å². The van der Waals surface area contributed by atoms with Crippen LogP contribution in [0.25, 0.3) is 11.0 Å². The maximum absolute atomic E-state index is 13.1. The number of piperidine rings is 1. The van der Waals surface area contributed by atoms with E-state index in [0.29, 0.717) is 24.2 Å². The van der Waals surface area contributed by atoms with Crippen LogP contribution in [0, 0.1) is 6.92 Å². The molecule has 1 aliphatic heterocycles. The molecule has 160 valence electrons. The average Bonchev–Trinajstić information content (AvgIpc) is 3.31. The van der Waals surface area contributed by atoms with Crippen molar-refractivity contribution in [1.82, 2.24) is 29.7 Å². The summed E-state index contributed by atoms with van der Waals surface area (Å²) in [5.41, 5.74) is 1.42. The summed E-state index contributed by atoms with van der Waals surface area (Å²) in [5.74, 6) is -0.0802. The van der Waals surface area contributed by atoms with E-state index < -0.39 is 11.7 Å². The van der Waals surface area contributed by atoms with Crippen molar-refractivity contribution in [3.63, 3.8) is 0 Å². The SMILES string of the molecule is CCCn1ncc(C(=O)N2CCCC(n3nnc4cc(C(F)(F)F)ccc43)C2)c1C. The summed E-state index contributed by atoms with van der Waals surface area (Å²) in [7, 11) is 0. The third kappa shape index (κ3) is 3.66. The molecule has 0 aliphatic carbocycles. The number of halogens is 3. The lowest BCUT2D eigenvalue weighted by Gasteiger charge is -2.32. The Hall–Kier alpha value is -2.91. The zero-order chi connectivity index (χ0) is 21.5. The number of hydrogen-bond acceptors (Lipinski definition) is 4. The molecule has 1 amide bonds. The Morgan fingerprint density at radius 2 is 2.10 bits per heavy atom. The van der Waals surface area contributed by atoms with Crippen molar-refractivity contribution < 1.29 is 18.0 Å². The van der Waals surface area contributed by atoms with E-state index in [0.717, 1.165) is 43.6 Å². The minimum atomic E-state index is -4.42. The summed E-state index contributed by atoms with van der Waals surface area (Å²) in [4.78, 5) is 14.8. The third-order valence-corrected chi connectivity index (χ3v) is 5.60. The number of nitrogens with zero attached hydrogens (tertiary/aromatic N) is 6. The summed E-state index contributed by atoms with van der Waals surface area (Å²) < 4.78 is 42.3. The second kappa shape index (κ2) is 7.73. The van der Waals surface area contributed by atoms with E-state index in [1.807, 2.05) is 11.6 Å². The number of hydrogen-bond donors (Lipinski definition) is 0. The van der Waals surface area contributed by atoms with Crippen LogP contribution >= 0.6 is 0 Å². The fourth-order valence-electron chi connectivity index (χ4n) is 3.99. The Morgan fingerprint density at radius 1 is 1.30 bits per heavy atom. The second-order valence-corrected chi connectivity index (χ2v) is 7.65. The number of likely N-dealkylation sites (tertiary alicyclic amines) is 1. The van der Waals surface area contributed by atoms with Crippen molar-refractivity contribution in [2.45, 2.75) is 51.9 Å². The van der Waals surface area contributed by atoms with Gasteiger partial charge in [-0.3, -0.25) is 9.48 Å². The number of carbonyl (C=O) groups is 1. The molecule has 30 heavy (non-hydrogen) atoms. The highest BCUT2D eigenvalue weighted by atomic mass is 19.4. The van der Waals surface area contributed by atoms with Gasteiger partial charge < -0.3 is 4.90 Å². The van der Waals surface area contributed by atoms with Crippen LogP contribution in [-0.2, 0) is 12.7 Å². The van der Waals surface area contributed by atoms with Crippen molar-refractivity contribution in [2.75, 3.05) is 13.1 Å². The van der Waals surface area contributed by atoms with Gasteiger partial charge in [-0.25, -0.2) is 4.68 Å². The van der Waals surface area contributed by atoms with Crippen molar-refractivity contribution in [1.29, 1.82) is 0 Å². The number of rotatable bonds is 4. The maximum atomic E-state index is 13.1. The van der Waals surface area contributed by atoms with Crippen molar-refractivity contribution in [3.8, 4) is 0 Å². The number of alkyl halides is 3. The molecule has 7 nitrogen and oxygen atoms in total. The molecule has 1 saturated heterocycles. The molecule has 0 N–H and O–H groups in total. The lowest BCUT2D eigenvalue weighted by molar-refractivity contribution is -0.137. The summed E-state index contributed by atoms with van der Waals surface area (Å²) in [6.45, 7) is 5.75. The van der Waals surface area contributed by atoms with Crippen LogP contribution in [0.4, 0.5) is 13.2 Å². The lowest BCUT2D eigenvalue weighted by Crippen LogP contribution is -2.41. The number of fused-ring (bicyclic) bond motifs is 1. The Morgan fingerprint density at radius 3 is 2.83 bits per heavy atom. The quantitative estimate of drug-likeness (QED) is 0.643. The molecule has 1 fully saturated rings. The average molecular weight is 420 g/mol. The first-order valence-electron chi connectivity index (χ1n) is 10.0. The largest absolute Gasteiger partial charge is 0.416 e. The molecule has 0 spiro atoms. The van der Waals surface area contributed by atoms with Crippen molar-refractivity contribution in [3.05, 3.63) is 41.2 Å². The molecule has 0 radical (unpaired) electrons. The molecule has 1 aromatic carbocycles. The van der Waals surface area contributed by atoms with Gasteiger partial charge in [0.2, 0.25) is 0 Å². The first-order chi connectivity index (χ1) is 14.3. The molecule has 4 rings (SSSR count). The number of amides is 1. The van der Waals surface area contributed by atoms with E-state index in [9.17, 15) is 18.0 Å². The zero-order valence-electron chi connectivity index (χ0n) is 16.9.